The molecule has 0 radical (unpaired) electrons. The largest absolute Gasteiger partial charge is 0.491 e. The van der Waals surface area contributed by atoms with E-state index in [1.54, 1.807) is 0 Å². The average molecular weight is 458 g/mol. The molecule has 33 heavy (non-hydrogen) atoms. The number of aryl methyl sites for hydroxylation is 1. The van der Waals surface area contributed by atoms with Crippen LogP contribution in [0.5, 0.6) is 0 Å². The molecule has 0 N–H and O–H groups in total. The van der Waals surface area contributed by atoms with Crippen molar-refractivity contribution in [3.8, 4) is 0 Å². The van der Waals surface area contributed by atoms with Gasteiger partial charge < -0.3 is 13.9 Å². The molecule has 5 heteroatoms. The molecule has 1 saturated heterocycles. The third-order valence-corrected chi connectivity index (χ3v) is 10.4. The first-order valence-corrected chi connectivity index (χ1v) is 13.2. The summed E-state index contributed by atoms with van der Waals surface area (Å²) in [6.45, 7) is 14.6. The van der Waals surface area contributed by atoms with Crippen molar-refractivity contribution in [2.75, 3.05) is 0 Å². The lowest BCUT2D eigenvalue weighted by Gasteiger charge is -2.32. The van der Waals surface area contributed by atoms with Crippen LogP contribution in [0.1, 0.15) is 44.5 Å². The van der Waals surface area contributed by atoms with Gasteiger partial charge in [0.1, 0.15) is 0 Å². The lowest BCUT2D eigenvalue weighted by molar-refractivity contribution is 0.00578. The second-order valence-electron chi connectivity index (χ2n) is 9.81. The molecule has 4 rings (SSSR count). The number of hydrogen-bond acceptors (Lipinski definition) is 3. The molecule has 1 atom stereocenters. The highest BCUT2D eigenvalue weighted by Crippen LogP contribution is 2.61. The third kappa shape index (κ3) is 4.28. The first-order valence-electron chi connectivity index (χ1n) is 11.4. The maximum atomic E-state index is 15.4. The molecular weight excluding hydrogens is 426 g/mol. The maximum absolute atomic E-state index is 15.4. The molecule has 3 nitrogen and oxygen atoms in total. The van der Waals surface area contributed by atoms with Crippen molar-refractivity contribution in [2.24, 2.45) is 0 Å². The zero-order valence-electron chi connectivity index (χ0n) is 20.1. The summed E-state index contributed by atoms with van der Waals surface area (Å²) in [5, 5.41) is 1.58. The molecule has 170 valence electrons. The Labute approximate surface area is 198 Å². The van der Waals surface area contributed by atoms with Crippen molar-refractivity contribution in [1.82, 2.24) is 0 Å². The van der Waals surface area contributed by atoms with Crippen LogP contribution < -0.4 is 10.6 Å². The summed E-state index contributed by atoms with van der Waals surface area (Å²) >= 11 is 0. The van der Waals surface area contributed by atoms with E-state index in [0.29, 0.717) is 5.47 Å². The van der Waals surface area contributed by atoms with Gasteiger partial charge in [-0.3, -0.25) is 0 Å². The van der Waals surface area contributed by atoms with E-state index in [0.717, 1.165) is 21.7 Å². The van der Waals surface area contributed by atoms with Gasteiger partial charge in [-0.2, -0.15) is 0 Å². The standard InChI is InChI=1S/C28H32BO3P/c1-21-17-19-23(20-18-21)26(22(2)29-31-27(3,4)28(5,6)32-29)33(30,24-13-9-7-10-14-24)25-15-11-8-12-16-25/h7-20,26H,2H2,1,3-6H3. The van der Waals surface area contributed by atoms with Gasteiger partial charge in [0, 0.05) is 10.6 Å². The smallest absolute Gasteiger partial charge is 0.400 e. The van der Waals surface area contributed by atoms with Gasteiger partial charge in [0.05, 0.1) is 16.9 Å². The van der Waals surface area contributed by atoms with Crippen molar-refractivity contribution >= 4 is 24.9 Å². The molecule has 1 aliphatic rings. The molecule has 0 saturated carbocycles. The van der Waals surface area contributed by atoms with Crippen LogP contribution in [0.15, 0.2) is 97.0 Å². The summed E-state index contributed by atoms with van der Waals surface area (Å²) in [5.41, 5.74) is 1.24. The molecular formula is C28H32BO3P. The molecule has 0 bridgehead atoms. The van der Waals surface area contributed by atoms with Gasteiger partial charge in [0.15, 0.2) is 7.14 Å². The van der Waals surface area contributed by atoms with Crippen LogP contribution in [0.2, 0.25) is 0 Å². The van der Waals surface area contributed by atoms with Crippen LogP contribution in [-0.4, -0.2) is 18.3 Å². The Morgan fingerprint density at radius 2 is 1.21 bits per heavy atom. The van der Waals surface area contributed by atoms with Crippen molar-refractivity contribution in [1.29, 1.82) is 0 Å². The van der Waals surface area contributed by atoms with Crippen molar-refractivity contribution < 1.29 is 13.9 Å². The van der Waals surface area contributed by atoms with Gasteiger partial charge in [0.25, 0.3) is 0 Å². The summed E-state index contributed by atoms with van der Waals surface area (Å²) in [4.78, 5) is 0. The van der Waals surface area contributed by atoms with Gasteiger partial charge in [0.2, 0.25) is 0 Å². The molecule has 1 fully saturated rings. The number of allylic oxidation sites excluding steroid dienone is 1. The van der Waals surface area contributed by atoms with E-state index in [1.165, 1.54) is 0 Å². The Hall–Kier alpha value is -2.39. The molecule has 0 amide bonds. The SMILES string of the molecule is C=C(B1OC(C)(C)C(C)(C)O1)C(c1ccc(C)cc1)P(=O)(c1ccccc1)c1ccccc1. The van der Waals surface area contributed by atoms with E-state index < -0.39 is 31.1 Å². The van der Waals surface area contributed by atoms with Gasteiger partial charge in [-0.1, -0.05) is 90.5 Å². The highest BCUT2D eigenvalue weighted by atomic mass is 31.2. The molecule has 0 aromatic heterocycles. The Bertz CT molecular complexity index is 1110. The zero-order valence-corrected chi connectivity index (χ0v) is 21.0. The Kier molecular flexibility index (Phi) is 6.31. The number of rotatable bonds is 6. The summed E-state index contributed by atoms with van der Waals surface area (Å²) in [6.07, 6.45) is 0. The second-order valence-corrected chi connectivity index (χ2v) is 12.7. The molecule has 0 aliphatic carbocycles. The van der Waals surface area contributed by atoms with Crippen LogP contribution >= 0.6 is 7.14 Å². The maximum Gasteiger partial charge on any atom is 0.491 e. The third-order valence-electron chi connectivity index (χ3n) is 6.94. The minimum absolute atomic E-state index is 0.502. The first-order chi connectivity index (χ1) is 15.6. The predicted molar refractivity (Wildman–Crippen MR) is 139 cm³/mol. The Morgan fingerprint density at radius 1 is 0.788 bits per heavy atom. The monoisotopic (exact) mass is 458 g/mol. The lowest BCUT2D eigenvalue weighted by Crippen LogP contribution is -2.41. The Morgan fingerprint density at radius 3 is 1.64 bits per heavy atom. The zero-order chi connectivity index (χ0) is 23.9. The summed E-state index contributed by atoms with van der Waals surface area (Å²) in [7, 11) is -3.89. The normalized spacial score (nSPS) is 18.2. The summed E-state index contributed by atoms with van der Waals surface area (Å²) in [5.74, 6) is 0. The first kappa shape index (κ1) is 23.8. The van der Waals surface area contributed by atoms with Crippen LogP contribution in [0.25, 0.3) is 0 Å². The molecule has 1 aliphatic heterocycles. The van der Waals surface area contributed by atoms with Crippen LogP contribution in [0.4, 0.5) is 0 Å². The van der Waals surface area contributed by atoms with E-state index in [9.17, 15) is 0 Å². The molecule has 3 aromatic carbocycles. The van der Waals surface area contributed by atoms with Crippen molar-refractivity contribution in [2.45, 2.75) is 51.5 Å². The molecule has 3 aromatic rings. The van der Waals surface area contributed by atoms with Gasteiger partial charge in [-0.15, -0.1) is 6.58 Å². The van der Waals surface area contributed by atoms with E-state index in [1.807, 2.05) is 88.4 Å². The predicted octanol–water partition coefficient (Wildman–Crippen LogP) is 6.24. The average Bonchev–Trinajstić information content (AvgIpc) is 3.03. The summed E-state index contributed by atoms with van der Waals surface area (Å²) in [6, 6.07) is 27.7. The van der Waals surface area contributed by atoms with E-state index in [2.05, 4.69) is 37.8 Å². The van der Waals surface area contributed by atoms with E-state index in [4.69, 9.17) is 9.31 Å². The number of hydrogen-bond donors (Lipinski definition) is 0. The van der Waals surface area contributed by atoms with Crippen molar-refractivity contribution in [3.05, 3.63) is 108 Å². The van der Waals surface area contributed by atoms with Crippen LogP contribution in [0, 0.1) is 6.92 Å². The van der Waals surface area contributed by atoms with Crippen LogP contribution in [-0.2, 0) is 13.9 Å². The fraction of sp³-hybridized carbons (Fsp3) is 0.286. The van der Waals surface area contributed by atoms with Crippen molar-refractivity contribution in [3.63, 3.8) is 0 Å². The quantitative estimate of drug-likeness (QED) is 0.324. The van der Waals surface area contributed by atoms with Gasteiger partial charge >= 0.3 is 7.12 Å². The minimum Gasteiger partial charge on any atom is -0.400 e. The fourth-order valence-corrected chi connectivity index (χ4v) is 7.58. The molecule has 1 unspecified atom stereocenters. The highest BCUT2D eigenvalue weighted by molar-refractivity contribution is 7.79. The van der Waals surface area contributed by atoms with E-state index >= 15 is 4.57 Å². The van der Waals surface area contributed by atoms with Gasteiger partial charge in [-0.25, -0.2) is 0 Å². The molecule has 1 heterocycles. The second kappa shape index (κ2) is 8.76. The summed E-state index contributed by atoms with van der Waals surface area (Å²) < 4.78 is 28.1. The minimum atomic E-state index is -3.22. The fourth-order valence-electron chi connectivity index (χ4n) is 4.28. The molecule has 0 spiro atoms. The van der Waals surface area contributed by atoms with Gasteiger partial charge in [-0.05, 0) is 45.7 Å². The Balaban J connectivity index is 1.92. The van der Waals surface area contributed by atoms with E-state index in [-0.39, 0.29) is 0 Å². The lowest BCUT2D eigenvalue weighted by atomic mass is 9.75. The highest BCUT2D eigenvalue weighted by Gasteiger charge is 2.55. The number of benzene rings is 3. The van der Waals surface area contributed by atoms with Crippen LogP contribution in [0.3, 0.4) is 0 Å². The topological polar surface area (TPSA) is 35.5 Å².